The lowest BCUT2D eigenvalue weighted by molar-refractivity contribution is -0.138. The van der Waals surface area contributed by atoms with E-state index in [1.807, 2.05) is 0 Å². The molecule has 0 fully saturated rings. The van der Waals surface area contributed by atoms with Crippen LogP contribution in [0.15, 0.2) is 18.2 Å². The van der Waals surface area contributed by atoms with E-state index in [0.29, 0.717) is 12.5 Å². The molecule has 0 aliphatic heterocycles. The van der Waals surface area contributed by atoms with Crippen LogP contribution in [0.5, 0.6) is 0 Å². The molecule has 0 aliphatic carbocycles. The molecule has 1 rings (SSSR count). The molecule has 1 aromatic rings. The van der Waals surface area contributed by atoms with E-state index in [0.717, 1.165) is 12.1 Å². The molecule has 0 N–H and O–H groups in total. The van der Waals surface area contributed by atoms with Crippen LogP contribution in [0.3, 0.4) is 0 Å². The smallest absolute Gasteiger partial charge is 0.348 e. The van der Waals surface area contributed by atoms with Crippen molar-refractivity contribution in [2.45, 2.75) is 19.8 Å². The number of esters is 2. The molecule has 0 amide bonds. The Hall–Kier alpha value is -1.78. The van der Waals surface area contributed by atoms with E-state index in [2.05, 4.69) is 4.74 Å². The molecule has 0 unspecified atom stereocenters. The zero-order valence-corrected chi connectivity index (χ0v) is 8.63. The molecule has 0 aromatic heterocycles. The number of carbonyl (C=O) groups is 2. The molecule has 0 atom stereocenters. The minimum absolute atomic E-state index is 0.0779. The molecule has 0 bridgehead atoms. The summed E-state index contributed by atoms with van der Waals surface area (Å²) >= 11 is 0. The number of benzene rings is 1. The molecule has 0 aliphatic rings. The van der Waals surface area contributed by atoms with Gasteiger partial charge in [-0.2, -0.15) is 0 Å². The highest BCUT2D eigenvalue weighted by atomic mass is 19.1. The van der Waals surface area contributed by atoms with Crippen molar-refractivity contribution < 1.29 is 23.1 Å². The molecule has 1 aromatic carbocycles. The zero-order chi connectivity index (χ0) is 12.1. The Morgan fingerprint density at radius 2 is 2.00 bits per heavy atom. The summed E-state index contributed by atoms with van der Waals surface area (Å²) in [4.78, 5) is 22.2. The van der Waals surface area contributed by atoms with Crippen LogP contribution in [0.2, 0.25) is 0 Å². The van der Waals surface area contributed by atoms with Crippen LogP contribution in [0.25, 0.3) is 0 Å². The van der Waals surface area contributed by atoms with Crippen molar-refractivity contribution in [3.63, 3.8) is 0 Å². The third-order valence-electron chi connectivity index (χ3n) is 1.81. The van der Waals surface area contributed by atoms with Gasteiger partial charge in [0.15, 0.2) is 0 Å². The van der Waals surface area contributed by atoms with Crippen molar-refractivity contribution in [2.24, 2.45) is 0 Å². The second-order valence-corrected chi connectivity index (χ2v) is 3.14. The maximum Gasteiger partial charge on any atom is 0.348 e. The summed E-state index contributed by atoms with van der Waals surface area (Å²) in [5, 5.41) is 0. The maximum absolute atomic E-state index is 13.1. The molecule has 5 heteroatoms. The fourth-order valence-corrected chi connectivity index (χ4v) is 1.07. The van der Waals surface area contributed by atoms with Crippen LogP contribution in [0.1, 0.15) is 30.1 Å². The van der Waals surface area contributed by atoms with Gasteiger partial charge in [0.25, 0.3) is 0 Å². The highest BCUT2D eigenvalue weighted by molar-refractivity contribution is 5.96. The van der Waals surface area contributed by atoms with Crippen LogP contribution < -0.4 is 0 Å². The SMILES string of the molecule is CCCC(=O)OC(=O)c1ccc(F)cc1F. The summed E-state index contributed by atoms with van der Waals surface area (Å²) in [7, 11) is 0. The standard InChI is InChI=1S/C11H10F2O3/c1-2-3-10(14)16-11(15)8-5-4-7(12)6-9(8)13/h4-6H,2-3H2,1H3. The molecular formula is C11H10F2O3. The van der Waals surface area contributed by atoms with Crippen molar-refractivity contribution >= 4 is 11.9 Å². The Kier molecular flexibility index (Phi) is 4.10. The summed E-state index contributed by atoms with van der Waals surface area (Å²) in [6, 6.07) is 2.41. The molecule has 0 spiro atoms. The first-order chi connectivity index (χ1) is 7.54. The van der Waals surface area contributed by atoms with E-state index in [4.69, 9.17) is 0 Å². The Bertz CT molecular complexity index is 416. The van der Waals surface area contributed by atoms with Gasteiger partial charge < -0.3 is 4.74 Å². The van der Waals surface area contributed by atoms with Crippen molar-refractivity contribution in [1.29, 1.82) is 0 Å². The fourth-order valence-electron chi connectivity index (χ4n) is 1.07. The Morgan fingerprint density at radius 1 is 1.31 bits per heavy atom. The Balaban J connectivity index is 2.77. The summed E-state index contributed by atoms with van der Waals surface area (Å²) in [5.41, 5.74) is -0.453. The van der Waals surface area contributed by atoms with Crippen LogP contribution in [0.4, 0.5) is 8.78 Å². The number of ether oxygens (including phenoxy) is 1. The lowest BCUT2D eigenvalue weighted by atomic mass is 10.2. The summed E-state index contributed by atoms with van der Waals surface area (Å²) in [6.45, 7) is 1.74. The van der Waals surface area contributed by atoms with Crippen LogP contribution in [-0.2, 0) is 9.53 Å². The maximum atomic E-state index is 13.1. The minimum Gasteiger partial charge on any atom is -0.389 e. The summed E-state index contributed by atoms with van der Waals surface area (Å²) in [6.07, 6.45) is 0.604. The van der Waals surface area contributed by atoms with Crippen LogP contribution in [-0.4, -0.2) is 11.9 Å². The van der Waals surface area contributed by atoms with Crippen molar-refractivity contribution in [3.8, 4) is 0 Å². The number of carbonyl (C=O) groups excluding carboxylic acids is 2. The van der Waals surface area contributed by atoms with E-state index >= 15 is 0 Å². The zero-order valence-electron chi connectivity index (χ0n) is 8.63. The quantitative estimate of drug-likeness (QED) is 0.589. The first-order valence-corrected chi connectivity index (χ1v) is 4.74. The molecule has 86 valence electrons. The van der Waals surface area contributed by atoms with Crippen molar-refractivity contribution in [1.82, 2.24) is 0 Å². The van der Waals surface area contributed by atoms with Gasteiger partial charge in [0.05, 0.1) is 5.56 Å². The van der Waals surface area contributed by atoms with Crippen LogP contribution >= 0.6 is 0 Å². The van der Waals surface area contributed by atoms with Crippen molar-refractivity contribution in [2.75, 3.05) is 0 Å². The highest BCUT2D eigenvalue weighted by Crippen LogP contribution is 2.11. The average molecular weight is 228 g/mol. The van der Waals surface area contributed by atoms with Gasteiger partial charge in [0.1, 0.15) is 11.6 Å². The van der Waals surface area contributed by atoms with Gasteiger partial charge in [-0.1, -0.05) is 6.92 Å². The lowest BCUT2D eigenvalue weighted by Crippen LogP contribution is -2.13. The molecule has 0 radical (unpaired) electrons. The molecular weight excluding hydrogens is 218 g/mol. The minimum atomic E-state index is -1.10. The number of hydrogen-bond donors (Lipinski definition) is 0. The van der Waals surface area contributed by atoms with Gasteiger partial charge in [-0.05, 0) is 18.6 Å². The third kappa shape index (κ3) is 3.12. The first-order valence-electron chi connectivity index (χ1n) is 4.74. The number of rotatable bonds is 3. The summed E-state index contributed by atoms with van der Waals surface area (Å²) in [5.74, 6) is -3.67. The first kappa shape index (κ1) is 12.3. The number of halogens is 2. The van der Waals surface area contributed by atoms with E-state index in [1.165, 1.54) is 0 Å². The van der Waals surface area contributed by atoms with E-state index in [1.54, 1.807) is 6.92 Å². The number of hydrogen-bond acceptors (Lipinski definition) is 3. The monoisotopic (exact) mass is 228 g/mol. The second kappa shape index (κ2) is 5.34. The van der Waals surface area contributed by atoms with Gasteiger partial charge in [-0.25, -0.2) is 13.6 Å². The van der Waals surface area contributed by atoms with E-state index < -0.39 is 29.1 Å². The van der Waals surface area contributed by atoms with Gasteiger partial charge in [0, 0.05) is 12.5 Å². The molecule has 16 heavy (non-hydrogen) atoms. The average Bonchev–Trinajstić information content (AvgIpc) is 2.17. The fraction of sp³-hybridized carbons (Fsp3) is 0.273. The van der Waals surface area contributed by atoms with E-state index in [9.17, 15) is 18.4 Å². The molecule has 0 heterocycles. The van der Waals surface area contributed by atoms with Gasteiger partial charge >= 0.3 is 11.9 Å². The van der Waals surface area contributed by atoms with Gasteiger partial charge in [-0.15, -0.1) is 0 Å². The topological polar surface area (TPSA) is 43.4 Å². The van der Waals surface area contributed by atoms with Gasteiger partial charge in [0.2, 0.25) is 0 Å². The molecule has 0 saturated heterocycles. The normalized spacial score (nSPS) is 9.94. The van der Waals surface area contributed by atoms with Crippen molar-refractivity contribution in [3.05, 3.63) is 35.4 Å². The highest BCUT2D eigenvalue weighted by Gasteiger charge is 2.16. The largest absolute Gasteiger partial charge is 0.389 e. The Labute approximate surface area is 91.0 Å². The predicted molar refractivity (Wildman–Crippen MR) is 51.7 cm³/mol. The molecule has 0 saturated carbocycles. The van der Waals surface area contributed by atoms with Gasteiger partial charge in [-0.3, -0.25) is 4.79 Å². The third-order valence-corrected chi connectivity index (χ3v) is 1.81. The Morgan fingerprint density at radius 3 is 2.56 bits per heavy atom. The van der Waals surface area contributed by atoms with Crippen LogP contribution in [0, 0.1) is 11.6 Å². The lowest BCUT2D eigenvalue weighted by Gasteiger charge is -2.03. The van der Waals surface area contributed by atoms with E-state index in [-0.39, 0.29) is 6.42 Å². The second-order valence-electron chi connectivity index (χ2n) is 3.14. The summed E-state index contributed by atoms with van der Waals surface area (Å²) < 4.78 is 30.0. The predicted octanol–water partition coefficient (Wildman–Crippen LogP) is 2.45. The molecule has 3 nitrogen and oxygen atoms in total.